The third kappa shape index (κ3) is 69.9. The van der Waals surface area contributed by atoms with E-state index in [1.807, 2.05) is 24.3 Å². The summed E-state index contributed by atoms with van der Waals surface area (Å²) in [5, 5.41) is 10.6. The van der Waals surface area contributed by atoms with Crippen molar-refractivity contribution in [2.45, 2.75) is 316 Å². The molecule has 0 saturated heterocycles. The molecule has 0 aliphatic rings. The third-order valence-electron chi connectivity index (χ3n) is 15.5. The number of esters is 4. The average molecular weight is 1420 g/mol. The van der Waals surface area contributed by atoms with E-state index < -0.39 is 97.5 Å². The van der Waals surface area contributed by atoms with E-state index >= 15 is 0 Å². The number of hydrogen-bond acceptors (Lipinski definition) is 15. The summed E-state index contributed by atoms with van der Waals surface area (Å²) in [4.78, 5) is 72.7. The van der Waals surface area contributed by atoms with Gasteiger partial charge in [0.1, 0.15) is 19.3 Å². The minimum absolute atomic E-state index is 0.0208. The fourth-order valence-electron chi connectivity index (χ4n) is 9.75. The van der Waals surface area contributed by atoms with Crippen molar-refractivity contribution in [1.29, 1.82) is 0 Å². The van der Waals surface area contributed by atoms with Crippen LogP contribution in [0.1, 0.15) is 297 Å². The van der Waals surface area contributed by atoms with E-state index in [4.69, 9.17) is 37.0 Å². The second kappa shape index (κ2) is 70.9. The van der Waals surface area contributed by atoms with Crippen molar-refractivity contribution in [2.24, 2.45) is 0 Å². The summed E-state index contributed by atoms with van der Waals surface area (Å²) in [6.45, 7) is 4.47. The zero-order valence-electron chi connectivity index (χ0n) is 61.2. The molecule has 0 radical (unpaired) electrons. The molecule has 17 nitrogen and oxygen atoms in total. The fourth-order valence-corrected chi connectivity index (χ4v) is 11.3. The van der Waals surface area contributed by atoms with Gasteiger partial charge in [-0.1, -0.05) is 278 Å². The number of carbonyl (C=O) groups is 4. The summed E-state index contributed by atoms with van der Waals surface area (Å²) in [5.41, 5.74) is 0. The molecule has 0 spiro atoms. The lowest BCUT2D eigenvalue weighted by molar-refractivity contribution is -0.161. The molecule has 562 valence electrons. The summed E-state index contributed by atoms with van der Waals surface area (Å²) in [6, 6.07) is 0. The van der Waals surface area contributed by atoms with Crippen LogP contribution in [-0.2, 0) is 65.4 Å². The maximum absolute atomic E-state index is 13.1. The van der Waals surface area contributed by atoms with Crippen molar-refractivity contribution >= 4 is 39.5 Å². The first kappa shape index (κ1) is 93.5. The first-order valence-corrected chi connectivity index (χ1v) is 40.8. The zero-order chi connectivity index (χ0) is 71.8. The Labute approximate surface area is 593 Å². The molecule has 19 heteroatoms. The van der Waals surface area contributed by atoms with Crippen LogP contribution in [0.4, 0.5) is 0 Å². The van der Waals surface area contributed by atoms with Gasteiger partial charge >= 0.3 is 39.5 Å². The molecule has 0 heterocycles. The van der Waals surface area contributed by atoms with E-state index in [0.29, 0.717) is 32.1 Å². The fraction of sp³-hybridized carbons (Fsp3) is 0.696. The van der Waals surface area contributed by atoms with Gasteiger partial charge in [-0.25, -0.2) is 9.13 Å². The molecule has 98 heavy (non-hydrogen) atoms. The number of hydrogen-bond donors (Lipinski definition) is 3. The summed E-state index contributed by atoms with van der Waals surface area (Å²) in [5.74, 6) is -2.38. The van der Waals surface area contributed by atoms with Gasteiger partial charge in [-0.05, 0) is 116 Å². The lowest BCUT2D eigenvalue weighted by Crippen LogP contribution is -2.30. The van der Waals surface area contributed by atoms with E-state index in [1.165, 1.54) is 89.9 Å². The zero-order valence-corrected chi connectivity index (χ0v) is 63.0. The molecule has 0 aromatic rings. The predicted octanol–water partition coefficient (Wildman–Crippen LogP) is 21.6. The van der Waals surface area contributed by atoms with E-state index in [1.54, 1.807) is 6.08 Å². The number of unbranched alkanes of at least 4 members (excludes halogenated alkanes) is 25. The van der Waals surface area contributed by atoms with Crippen LogP contribution < -0.4 is 0 Å². The van der Waals surface area contributed by atoms with Gasteiger partial charge in [0.15, 0.2) is 12.2 Å². The molecule has 5 unspecified atom stereocenters. The molecular formula is C79H134O17P2. The van der Waals surface area contributed by atoms with Crippen LogP contribution in [0.25, 0.3) is 0 Å². The number of aliphatic hydroxyl groups excluding tert-OH is 1. The van der Waals surface area contributed by atoms with Gasteiger partial charge in [0, 0.05) is 19.3 Å². The van der Waals surface area contributed by atoms with E-state index in [2.05, 4.69) is 119 Å². The average Bonchev–Trinajstić information content (AvgIpc) is 1.04. The van der Waals surface area contributed by atoms with Gasteiger partial charge in [-0.15, -0.1) is 0 Å². The Kier molecular flexibility index (Phi) is 67.6. The van der Waals surface area contributed by atoms with Crippen molar-refractivity contribution in [2.75, 3.05) is 39.6 Å². The third-order valence-corrected chi connectivity index (χ3v) is 17.4. The van der Waals surface area contributed by atoms with Gasteiger partial charge in [0.05, 0.1) is 32.8 Å². The van der Waals surface area contributed by atoms with Crippen molar-refractivity contribution in [3.05, 3.63) is 122 Å². The molecule has 0 bridgehead atoms. The highest BCUT2D eigenvalue weighted by atomic mass is 31.2. The molecule has 0 aromatic heterocycles. The van der Waals surface area contributed by atoms with Crippen molar-refractivity contribution in [3.63, 3.8) is 0 Å². The normalized spacial score (nSPS) is 14.6. The molecule has 0 saturated carbocycles. The lowest BCUT2D eigenvalue weighted by Gasteiger charge is -2.21. The molecule has 0 aliphatic heterocycles. The van der Waals surface area contributed by atoms with Gasteiger partial charge < -0.3 is 33.8 Å². The second-order valence-corrected chi connectivity index (χ2v) is 27.8. The van der Waals surface area contributed by atoms with Crippen LogP contribution in [0.15, 0.2) is 122 Å². The summed E-state index contributed by atoms with van der Waals surface area (Å²) >= 11 is 0. The Balaban J connectivity index is 5.45. The van der Waals surface area contributed by atoms with E-state index in [0.717, 1.165) is 122 Å². The van der Waals surface area contributed by atoms with Crippen molar-refractivity contribution in [1.82, 2.24) is 0 Å². The largest absolute Gasteiger partial charge is 0.472 e. The number of phosphoric acid groups is 2. The van der Waals surface area contributed by atoms with Gasteiger partial charge in [0.2, 0.25) is 0 Å². The first-order valence-electron chi connectivity index (χ1n) is 37.8. The van der Waals surface area contributed by atoms with Gasteiger partial charge in [-0.3, -0.25) is 37.3 Å². The highest BCUT2D eigenvalue weighted by Gasteiger charge is 2.30. The molecule has 0 fully saturated rings. The van der Waals surface area contributed by atoms with Gasteiger partial charge in [0.25, 0.3) is 0 Å². The number of ether oxygens (including phenoxy) is 4. The predicted molar refractivity (Wildman–Crippen MR) is 399 cm³/mol. The smallest absolute Gasteiger partial charge is 0.462 e. The Morgan fingerprint density at radius 3 is 0.939 bits per heavy atom. The van der Waals surface area contributed by atoms with Crippen molar-refractivity contribution in [3.8, 4) is 0 Å². The highest BCUT2D eigenvalue weighted by Crippen LogP contribution is 2.45. The highest BCUT2D eigenvalue weighted by molar-refractivity contribution is 7.47. The van der Waals surface area contributed by atoms with Crippen LogP contribution in [0.3, 0.4) is 0 Å². The Morgan fingerprint density at radius 1 is 0.306 bits per heavy atom. The molecule has 0 amide bonds. The van der Waals surface area contributed by atoms with Gasteiger partial charge in [-0.2, -0.15) is 0 Å². The number of phosphoric ester groups is 2. The molecule has 0 rings (SSSR count). The molecular weight excluding hydrogens is 1280 g/mol. The maximum atomic E-state index is 13.1. The Hall–Kier alpha value is -4.54. The minimum Gasteiger partial charge on any atom is -0.462 e. The standard InChI is InChI=1S/C79H134O17P2/c1-5-9-13-17-21-25-29-33-36-40-43-47-51-55-59-63-76(81)89-69-74(95-78(83)65-61-57-53-49-45-39-32-28-24-20-16-12-8-4)71-93-97(85,86)91-67-73(80)68-92-98(87,88)94-72-75(96-79(84)66-62-58-54-50-46-42-38-35-31-27-23-19-15-11-7-3)70-90-77(82)64-60-56-52-48-44-41-37-34-30-26-22-18-14-10-6-2/h10-11,14-15,22-23,26-27,33-38,44,46,48,50,56,60,73-75,80H,5-9,12-13,16-21,24-25,28-32,39-43,45,47,49,51-55,57-59,61-72H2,1-4H3,(H,85,86)(H,87,88)/b14-10-,15-11-,26-22-,27-23-,36-33-,37-34-,38-35-,48-44-,50-46-,60-56-. The number of aliphatic hydroxyl groups is 1. The van der Waals surface area contributed by atoms with E-state index in [-0.39, 0.29) is 25.7 Å². The lowest BCUT2D eigenvalue weighted by atomic mass is 10.0. The first-order chi connectivity index (χ1) is 47.7. The monoisotopic (exact) mass is 1420 g/mol. The maximum Gasteiger partial charge on any atom is 0.472 e. The number of allylic oxidation sites excluding steroid dienone is 19. The molecule has 0 aliphatic carbocycles. The van der Waals surface area contributed by atoms with Crippen LogP contribution >= 0.6 is 15.6 Å². The summed E-state index contributed by atoms with van der Waals surface area (Å²) in [6.07, 6.45) is 76.6. The Morgan fingerprint density at radius 2 is 0.571 bits per heavy atom. The van der Waals surface area contributed by atoms with Crippen LogP contribution in [-0.4, -0.2) is 96.7 Å². The number of rotatable bonds is 70. The molecule has 5 atom stereocenters. The van der Waals surface area contributed by atoms with Crippen LogP contribution in [0, 0.1) is 0 Å². The summed E-state index contributed by atoms with van der Waals surface area (Å²) in [7, 11) is -9.99. The SMILES string of the molecule is CC/C=C\C/C=C\C/C=C\C/C=C\C/C=C\CC(=O)OCC(COP(=O)(O)OCC(O)COP(=O)(O)OCC(COC(=O)CCCCCCC/C=C\CCCCCCCC)OC(=O)CCCCCCCCCCCCCCC)OC(=O)CCCC/C=C\C/C=C\C/C=C\C/C=C\CC. The quantitative estimate of drug-likeness (QED) is 0.0169. The van der Waals surface area contributed by atoms with Crippen molar-refractivity contribution < 1.29 is 80.2 Å². The van der Waals surface area contributed by atoms with Crippen LogP contribution in [0.5, 0.6) is 0 Å². The molecule has 3 N–H and O–H groups in total. The molecule has 0 aromatic carbocycles. The van der Waals surface area contributed by atoms with Crippen LogP contribution in [0.2, 0.25) is 0 Å². The topological polar surface area (TPSA) is 237 Å². The minimum atomic E-state index is -5.00. The summed E-state index contributed by atoms with van der Waals surface area (Å²) < 4.78 is 68.3. The number of carbonyl (C=O) groups excluding carboxylic acids is 4. The Bertz CT molecular complexity index is 2340. The second-order valence-electron chi connectivity index (χ2n) is 24.8. The van der Waals surface area contributed by atoms with E-state index in [9.17, 15) is 43.2 Å².